The summed E-state index contributed by atoms with van der Waals surface area (Å²) in [5.74, 6) is 0.302. The van der Waals surface area contributed by atoms with E-state index < -0.39 is 15.8 Å². The van der Waals surface area contributed by atoms with E-state index in [1.807, 2.05) is 6.92 Å². The van der Waals surface area contributed by atoms with Crippen LogP contribution in [0.5, 0.6) is 0 Å². The van der Waals surface area contributed by atoms with Crippen molar-refractivity contribution in [3.8, 4) is 0 Å². The van der Waals surface area contributed by atoms with Crippen molar-refractivity contribution in [2.45, 2.75) is 29.4 Å². The van der Waals surface area contributed by atoms with E-state index >= 15 is 0 Å². The number of sulfonamides is 1. The van der Waals surface area contributed by atoms with Crippen LogP contribution in [0.4, 0.5) is 4.39 Å². The Morgan fingerprint density at radius 1 is 1.53 bits per heavy atom. The van der Waals surface area contributed by atoms with Crippen LogP contribution in [0.3, 0.4) is 0 Å². The Kier molecular flexibility index (Phi) is 4.59. The van der Waals surface area contributed by atoms with Gasteiger partial charge < -0.3 is 0 Å². The molecule has 2 rings (SSSR count). The van der Waals surface area contributed by atoms with Crippen LogP contribution in [0.25, 0.3) is 0 Å². The molecule has 1 atom stereocenters. The smallest absolute Gasteiger partial charge is 0.210 e. The normalized spacial score (nSPS) is 23.7. The van der Waals surface area contributed by atoms with Gasteiger partial charge in [-0.2, -0.15) is 11.8 Å². The van der Waals surface area contributed by atoms with Gasteiger partial charge in [0.1, 0.15) is 10.7 Å². The average molecular weight is 368 g/mol. The van der Waals surface area contributed by atoms with E-state index in [0.717, 1.165) is 24.7 Å². The summed E-state index contributed by atoms with van der Waals surface area (Å²) in [7, 11) is -3.79. The molecule has 1 heterocycles. The van der Waals surface area contributed by atoms with Gasteiger partial charge in [-0.05, 0) is 43.7 Å². The molecule has 106 valence electrons. The van der Waals surface area contributed by atoms with Gasteiger partial charge >= 0.3 is 0 Å². The van der Waals surface area contributed by atoms with Crippen molar-refractivity contribution in [3.05, 3.63) is 28.5 Å². The van der Waals surface area contributed by atoms with Crippen LogP contribution < -0.4 is 4.72 Å². The summed E-state index contributed by atoms with van der Waals surface area (Å²) in [5, 5.41) is 0. The summed E-state index contributed by atoms with van der Waals surface area (Å²) in [6, 6.07) is 3.94. The highest BCUT2D eigenvalue weighted by Gasteiger charge is 2.31. The van der Waals surface area contributed by atoms with E-state index in [4.69, 9.17) is 0 Å². The molecule has 0 aromatic heterocycles. The first-order valence-electron chi connectivity index (χ1n) is 5.91. The quantitative estimate of drug-likeness (QED) is 0.888. The standard InChI is InChI=1S/C12H15BrFNO2S2/c1-12(5-2-6-18-12)8-15-19(16,17)11-4-3-9(13)7-10(11)14/h3-4,7,15H,2,5-6,8H2,1H3. The topological polar surface area (TPSA) is 46.2 Å². The second kappa shape index (κ2) is 5.71. The predicted molar refractivity (Wildman–Crippen MR) is 79.4 cm³/mol. The average Bonchev–Trinajstić information content (AvgIpc) is 2.74. The van der Waals surface area contributed by atoms with Gasteiger partial charge in [-0.1, -0.05) is 15.9 Å². The summed E-state index contributed by atoms with van der Waals surface area (Å²) in [6.07, 6.45) is 2.07. The molecule has 1 aromatic rings. The van der Waals surface area contributed by atoms with Gasteiger partial charge in [0, 0.05) is 15.8 Å². The first-order valence-corrected chi connectivity index (χ1v) is 9.17. The largest absolute Gasteiger partial charge is 0.243 e. The van der Waals surface area contributed by atoms with E-state index in [1.54, 1.807) is 11.8 Å². The molecule has 1 aliphatic rings. The third-order valence-corrected chi connectivity index (χ3v) is 6.59. The van der Waals surface area contributed by atoms with Gasteiger partial charge in [0.25, 0.3) is 0 Å². The first kappa shape index (κ1) is 15.3. The number of benzene rings is 1. The number of hydrogen-bond acceptors (Lipinski definition) is 3. The van der Waals surface area contributed by atoms with Crippen LogP contribution in [0.1, 0.15) is 19.8 Å². The van der Waals surface area contributed by atoms with Gasteiger partial charge in [-0.25, -0.2) is 17.5 Å². The molecule has 7 heteroatoms. The number of rotatable bonds is 4. The van der Waals surface area contributed by atoms with E-state index in [0.29, 0.717) is 11.0 Å². The molecule has 0 aliphatic carbocycles. The fourth-order valence-electron chi connectivity index (χ4n) is 1.99. The summed E-state index contributed by atoms with van der Waals surface area (Å²) < 4.78 is 40.8. The van der Waals surface area contributed by atoms with Gasteiger partial charge in [0.15, 0.2) is 0 Å². The number of thioether (sulfide) groups is 1. The minimum absolute atomic E-state index is 0.0844. The SMILES string of the molecule is CC1(CNS(=O)(=O)c2ccc(Br)cc2F)CCCS1. The first-order chi connectivity index (χ1) is 8.82. The highest BCUT2D eigenvalue weighted by atomic mass is 79.9. The van der Waals surface area contributed by atoms with Crippen molar-refractivity contribution in [1.29, 1.82) is 0 Å². The molecule has 0 radical (unpaired) electrons. The van der Waals surface area contributed by atoms with Crippen molar-refractivity contribution >= 4 is 37.7 Å². The summed E-state index contributed by atoms with van der Waals surface area (Å²) in [5.41, 5.74) is 0. The van der Waals surface area contributed by atoms with Crippen LogP contribution in [-0.2, 0) is 10.0 Å². The third-order valence-electron chi connectivity index (χ3n) is 3.12. The Balaban J connectivity index is 2.14. The van der Waals surface area contributed by atoms with Gasteiger partial charge in [-0.15, -0.1) is 0 Å². The van der Waals surface area contributed by atoms with Crippen molar-refractivity contribution in [2.24, 2.45) is 0 Å². The van der Waals surface area contributed by atoms with Crippen LogP contribution >= 0.6 is 27.7 Å². The number of hydrogen-bond donors (Lipinski definition) is 1. The van der Waals surface area contributed by atoms with Crippen molar-refractivity contribution in [3.63, 3.8) is 0 Å². The maximum atomic E-state index is 13.7. The van der Waals surface area contributed by atoms with E-state index in [9.17, 15) is 12.8 Å². The van der Waals surface area contributed by atoms with Gasteiger partial charge in [-0.3, -0.25) is 0 Å². The number of halogens is 2. The lowest BCUT2D eigenvalue weighted by Crippen LogP contribution is -2.37. The molecule has 0 amide bonds. The Morgan fingerprint density at radius 2 is 2.26 bits per heavy atom. The maximum absolute atomic E-state index is 13.7. The molecule has 1 saturated heterocycles. The van der Waals surface area contributed by atoms with Crippen LogP contribution in [0.15, 0.2) is 27.6 Å². The summed E-state index contributed by atoms with van der Waals surface area (Å²) in [4.78, 5) is -0.303. The zero-order valence-corrected chi connectivity index (χ0v) is 13.7. The van der Waals surface area contributed by atoms with Crippen molar-refractivity contribution in [2.75, 3.05) is 12.3 Å². The molecule has 19 heavy (non-hydrogen) atoms. The monoisotopic (exact) mass is 367 g/mol. The molecule has 1 N–H and O–H groups in total. The van der Waals surface area contributed by atoms with E-state index in [-0.39, 0.29) is 9.64 Å². The minimum atomic E-state index is -3.79. The highest BCUT2D eigenvalue weighted by Crippen LogP contribution is 2.37. The second-order valence-electron chi connectivity index (χ2n) is 4.80. The molecule has 0 bridgehead atoms. The Morgan fingerprint density at radius 3 is 2.84 bits per heavy atom. The summed E-state index contributed by atoms with van der Waals surface area (Å²) in [6.45, 7) is 2.36. The fraction of sp³-hybridized carbons (Fsp3) is 0.500. The molecular weight excluding hydrogens is 353 g/mol. The van der Waals surface area contributed by atoms with E-state index in [2.05, 4.69) is 20.7 Å². The predicted octanol–water partition coefficient (Wildman–Crippen LogP) is 3.15. The van der Waals surface area contributed by atoms with Gasteiger partial charge in [0.2, 0.25) is 10.0 Å². The summed E-state index contributed by atoms with van der Waals surface area (Å²) >= 11 is 4.86. The van der Waals surface area contributed by atoms with Crippen LogP contribution in [-0.4, -0.2) is 25.5 Å². The molecule has 1 aliphatic heterocycles. The zero-order chi connectivity index (χ0) is 14.1. The lowest BCUT2D eigenvalue weighted by molar-refractivity contribution is 0.539. The molecule has 0 spiro atoms. The second-order valence-corrected chi connectivity index (χ2v) is 9.13. The lowest BCUT2D eigenvalue weighted by Gasteiger charge is -2.22. The number of nitrogens with one attached hydrogen (secondary N) is 1. The van der Waals surface area contributed by atoms with Crippen LogP contribution in [0, 0.1) is 5.82 Å². The lowest BCUT2D eigenvalue weighted by atomic mass is 10.1. The Bertz CT molecular complexity index is 571. The van der Waals surface area contributed by atoms with Crippen molar-refractivity contribution < 1.29 is 12.8 Å². The molecule has 3 nitrogen and oxygen atoms in total. The molecule has 1 fully saturated rings. The van der Waals surface area contributed by atoms with E-state index in [1.165, 1.54) is 12.1 Å². The molecule has 1 aromatic carbocycles. The fourth-order valence-corrected chi connectivity index (χ4v) is 4.89. The van der Waals surface area contributed by atoms with Crippen molar-refractivity contribution in [1.82, 2.24) is 4.72 Å². The molecular formula is C12H15BrFNO2S2. The zero-order valence-electron chi connectivity index (χ0n) is 10.4. The molecule has 0 saturated carbocycles. The Hall–Kier alpha value is -0.110. The third kappa shape index (κ3) is 3.71. The highest BCUT2D eigenvalue weighted by molar-refractivity contribution is 9.10. The molecule has 1 unspecified atom stereocenters. The van der Waals surface area contributed by atoms with Gasteiger partial charge in [0.05, 0.1) is 0 Å². The maximum Gasteiger partial charge on any atom is 0.243 e. The minimum Gasteiger partial charge on any atom is -0.210 e. The van der Waals surface area contributed by atoms with Crippen LogP contribution in [0.2, 0.25) is 0 Å². The Labute approximate surface area is 125 Å².